The molecule has 2 fully saturated rings. The van der Waals surface area contributed by atoms with Crippen LogP contribution >= 0.6 is 0 Å². The fourth-order valence-electron chi connectivity index (χ4n) is 3.61. The SMILES string of the molecule is CC1(C)CN(CCC2CCCCN2)CC(C)(C)O1. The van der Waals surface area contributed by atoms with Crippen molar-refractivity contribution in [2.45, 2.75) is 70.6 Å². The Bertz CT molecular complexity index is 254. The zero-order valence-corrected chi connectivity index (χ0v) is 12.6. The summed E-state index contributed by atoms with van der Waals surface area (Å²) in [6.07, 6.45) is 5.40. The van der Waals surface area contributed by atoms with Gasteiger partial charge in [0.1, 0.15) is 0 Å². The number of rotatable bonds is 3. The number of hydrogen-bond donors (Lipinski definition) is 1. The lowest BCUT2D eigenvalue weighted by Crippen LogP contribution is -2.57. The molecule has 2 saturated heterocycles. The van der Waals surface area contributed by atoms with Gasteiger partial charge in [0.2, 0.25) is 0 Å². The summed E-state index contributed by atoms with van der Waals surface area (Å²) < 4.78 is 6.13. The van der Waals surface area contributed by atoms with Crippen molar-refractivity contribution in [1.82, 2.24) is 10.2 Å². The molecule has 3 nitrogen and oxygen atoms in total. The van der Waals surface area contributed by atoms with Crippen LogP contribution in [0.3, 0.4) is 0 Å². The summed E-state index contributed by atoms with van der Waals surface area (Å²) in [5.74, 6) is 0. The summed E-state index contributed by atoms with van der Waals surface area (Å²) in [7, 11) is 0. The fraction of sp³-hybridized carbons (Fsp3) is 1.00. The van der Waals surface area contributed by atoms with Gasteiger partial charge in [-0.05, 0) is 60.0 Å². The number of piperidine rings is 1. The van der Waals surface area contributed by atoms with Crippen LogP contribution in [0.1, 0.15) is 53.4 Å². The van der Waals surface area contributed by atoms with E-state index in [2.05, 4.69) is 37.9 Å². The number of hydrogen-bond acceptors (Lipinski definition) is 3. The predicted octanol–water partition coefficient (Wildman–Crippen LogP) is 2.41. The summed E-state index contributed by atoms with van der Waals surface area (Å²) in [6, 6.07) is 0.743. The lowest BCUT2D eigenvalue weighted by atomic mass is 9.97. The highest BCUT2D eigenvalue weighted by molar-refractivity contribution is 4.89. The molecule has 0 saturated carbocycles. The molecule has 0 aliphatic carbocycles. The molecule has 0 bridgehead atoms. The topological polar surface area (TPSA) is 24.5 Å². The number of ether oxygens (including phenoxy) is 1. The zero-order chi connectivity index (χ0) is 13.2. The molecule has 0 aromatic heterocycles. The monoisotopic (exact) mass is 254 g/mol. The Morgan fingerprint density at radius 2 is 1.78 bits per heavy atom. The van der Waals surface area contributed by atoms with Crippen molar-refractivity contribution in [3.8, 4) is 0 Å². The molecule has 0 spiro atoms. The molecule has 0 aromatic rings. The van der Waals surface area contributed by atoms with Crippen LogP contribution in [0.5, 0.6) is 0 Å². The van der Waals surface area contributed by atoms with Gasteiger partial charge in [-0.1, -0.05) is 6.42 Å². The normalized spacial score (nSPS) is 32.3. The first-order chi connectivity index (χ1) is 8.36. The van der Waals surface area contributed by atoms with Crippen molar-refractivity contribution in [2.75, 3.05) is 26.2 Å². The average molecular weight is 254 g/mol. The maximum atomic E-state index is 6.13. The molecular formula is C15H30N2O. The fourth-order valence-corrected chi connectivity index (χ4v) is 3.61. The Morgan fingerprint density at radius 3 is 2.33 bits per heavy atom. The minimum atomic E-state index is -0.0122. The van der Waals surface area contributed by atoms with Gasteiger partial charge in [-0.25, -0.2) is 0 Å². The van der Waals surface area contributed by atoms with Gasteiger partial charge in [0, 0.05) is 19.1 Å². The third-order valence-electron chi connectivity index (χ3n) is 3.97. The Kier molecular flexibility index (Phi) is 4.35. The molecule has 1 atom stereocenters. The van der Waals surface area contributed by atoms with Gasteiger partial charge in [0.15, 0.2) is 0 Å². The van der Waals surface area contributed by atoms with Gasteiger partial charge in [-0.3, -0.25) is 4.90 Å². The summed E-state index contributed by atoms with van der Waals surface area (Å²) in [6.45, 7) is 13.4. The second kappa shape index (κ2) is 5.48. The molecule has 2 aliphatic rings. The molecule has 2 heterocycles. The first kappa shape index (κ1) is 14.3. The Labute approximate surface area is 112 Å². The van der Waals surface area contributed by atoms with E-state index in [4.69, 9.17) is 4.74 Å². The van der Waals surface area contributed by atoms with E-state index >= 15 is 0 Å². The van der Waals surface area contributed by atoms with Crippen LogP contribution in [0, 0.1) is 0 Å². The lowest BCUT2D eigenvalue weighted by Gasteiger charge is -2.47. The van der Waals surface area contributed by atoms with Gasteiger partial charge in [-0.2, -0.15) is 0 Å². The second-order valence-electron chi connectivity index (χ2n) is 7.27. The van der Waals surface area contributed by atoms with Crippen molar-refractivity contribution < 1.29 is 4.74 Å². The highest BCUT2D eigenvalue weighted by Crippen LogP contribution is 2.28. The largest absolute Gasteiger partial charge is 0.367 e. The van der Waals surface area contributed by atoms with Crippen LogP contribution in [-0.2, 0) is 4.74 Å². The number of nitrogens with zero attached hydrogens (tertiary/aromatic N) is 1. The standard InChI is InChI=1S/C15H30N2O/c1-14(2)11-17(12-15(3,4)18-14)10-8-13-7-5-6-9-16-13/h13,16H,5-12H2,1-4H3. The Hall–Kier alpha value is -0.120. The average Bonchev–Trinajstić information content (AvgIpc) is 2.24. The number of nitrogens with one attached hydrogen (secondary N) is 1. The predicted molar refractivity (Wildman–Crippen MR) is 75.9 cm³/mol. The van der Waals surface area contributed by atoms with E-state index in [-0.39, 0.29) is 11.2 Å². The van der Waals surface area contributed by atoms with Crippen molar-refractivity contribution >= 4 is 0 Å². The van der Waals surface area contributed by atoms with E-state index in [0.29, 0.717) is 0 Å². The lowest BCUT2D eigenvalue weighted by molar-refractivity contribution is -0.180. The van der Waals surface area contributed by atoms with Crippen LogP contribution in [0.4, 0.5) is 0 Å². The van der Waals surface area contributed by atoms with Crippen molar-refractivity contribution in [1.29, 1.82) is 0 Å². The maximum absolute atomic E-state index is 6.13. The first-order valence-electron chi connectivity index (χ1n) is 7.52. The summed E-state index contributed by atoms with van der Waals surface area (Å²) in [4.78, 5) is 2.58. The molecule has 1 N–H and O–H groups in total. The van der Waals surface area contributed by atoms with E-state index in [9.17, 15) is 0 Å². The van der Waals surface area contributed by atoms with Crippen molar-refractivity contribution in [2.24, 2.45) is 0 Å². The minimum absolute atomic E-state index is 0.0122. The second-order valence-corrected chi connectivity index (χ2v) is 7.27. The van der Waals surface area contributed by atoms with E-state index in [1.54, 1.807) is 0 Å². The van der Waals surface area contributed by atoms with Gasteiger partial charge in [0.05, 0.1) is 11.2 Å². The van der Waals surface area contributed by atoms with Crippen molar-refractivity contribution in [3.63, 3.8) is 0 Å². The summed E-state index contributed by atoms with van der Waals surface area (Å²) in [5, 5.41) is 3.64. The van der Waals surface area contributed by atoms with Gasteiger partial charge >= 0.3 is 0 Å². The van der Waals surface area contributed by atoms with Crippen LogP contribution in [0.2, 0.25) is 0 Å². The molecule has 2 rings (SSSR count). The smallest absolute Gasteiger partial charge is 0.0760 e. The molecule has 0 aromatic carbocycles. The Morgan fingerprint density at radius 1 is 1.11 bits per heavy atom. The highest BCUT2D eigenvalue weighted by Gasteiger charge is 2.37. The molecule has 0 amide bonds. The molecular weight excluding hydrogens is 224 g/mol. The summed E-state index contributed by atoms with van der Waals surface area (Å²) in [5.41, 5.74) is -0.0243. The van der Waals surface area contributed by atoms with Gasteiger partial charge < -0.3 is 10.1 Å². The maximum Gasteiger partial charge on any atom is 0.0760 e. The van der Waals surface area contributed by atoms with Crippen LogP contribution < -0.4 is 5.32 Å². The molecule has 2 aliphatic heterocycles. The van der Waals surface area contributed by atoms with Crippen LogP contribution in [0.25, 0.3) is 0 Å². The summed E-state index contributed by atoms with van der Waals surface area (Å²) >= 11 is 0. The molecule has 0 radical (unpaired) electrons. The zero-order valence-electron chi connectivity index (χ0n) is 12.6. The minimum Gasteiger partial charge on any atom is -0.367 e. The van der Waals surface area contributed by atoms with E-state index in [0.717, 1.165) is 19.1 Å². The molecule has 18 heavy (non-hydrogen) atoms. The molecule has 1 unspecified atom stereocenters. The van der Waals surface area contributed by atoms with Crippen molar-refractivity contribution in [3.05, 3.63) is 0 Å². The third kappa shape index (κ3) is 4.22. The number of morpholine rings is 1. The van der Waals surface area contributed by atoms with Gasteiger partial charge in [-0.15, -0.1) is 0 Å². The quantitative estimate of drug-likeness (QED) is 0.837. The van der Waals surface area contributed by atoms with E-state index in [1.165, 1.54) is 38.8 Å². The first-order valence-corrected chi connectivity index (χ1v) is 7.52. The van der Waals surface area contributed by atoms with E-state index in [1.807, 2.05) is 0 Å². The molecule has 3 heteroatoms. The van der Waals surface area contributed by atoms with Crippen LogP contribution in [0.15, 0.2) is 0 Å². The van der Waals surface area contributed by atoms with E-state index < -0.39 is 0 Å². The third-order valence-corrected chi connectivity index (χ3v) is 3.97. The van der Waals surface area contributed by atoms with Crippen LogP contribution in [-0.4, -0.2) is 48.3 Å². The molecule has 106 valence electrons. The Balaban J connectivity index is 1.81. The highest BCUT2D eigenvalue weighted by atomic mass is 16.5. The van der Waals surface area contributed by atoms with Gasteiger partial charge in [0.25, 0.3) is 0 Å².